The Morgan fingerprint density at radius 3 is 2.58 bits per heavy atom. The number of carboxylic acid groups (broad SMARTS) is 1. The molecule has 1 rings (SSSR count). The molecule has 1 heterocycles. The Kier molecular flexibility index (Phi) is 3.02. The average molecular weight is 174 g/mol. The highest BCUT2D eigenvalue weighted by molar-refractivity contribution is 5.75. The molecule has 0 aromatic rings. The summed E-state index contributed by atoms with van der Waals surface area (Å²) in [7, 11) is 0. The zero-order valence-electron chi connectivity index (χ0n) is 6.88. The summed E-state index contributed by atoms with van der Waals surface area (Å²) in [6.45, 7) is 1.54. The van der Waals surface area contributed by atoms with Gasteiger partial charge in [-0.05, 0) is 25.9 Å². The zero-order valence-corrected chi connectivity index (χ0v) is 6.88. The van der Waals surface area contributed by atoms with Gasteiger partial charge < -0.3 is 15.3 Å². The van der Waals surface area contributed by atoms with Crippen LogP contribution in [0.15, 0.2) is 0 Å². The number of piperidine rings is 1. The second-order valence-corrected chi connectivity index (χ2v) is 3.15. The molecule has 0 spiro atoms. The molecule has 4 N–H and O–H groups in total. The van der Waals surface area contributed by atoms with Gasteiger partial charge in [0.2, 0.25) is 0 Å². The van der Waals surface area contributed by atoms with Crippen LogP contribution in [0.2, 0.25) is 0 Å². The third-order valence-corrected chi connectivity index (χ3v) is 2.37. The van der Waals surface area contributed by atoms with E-state index in [0.29, 0.717) is 12.8 Å². The van der Waals surface area contributed by atoms with E-state index in [1.165, 1.54) is 0 Å². The fraction of sp³-hybridized carbons (Fsp3) is 0.857. The lowest BCUT2D eigenvalue weighted by Gasteiger charge is -2.32. The van der Waals surface area contributed by atoms with Crippen molar-refractivity contribution >= 4 is 5.97 Å². The molecule has 0 aliphatic carbocycles. The highest BCUT2D eigenvalue weighted by Crippen LogP contribution is 2.28. The van der Waals surface area contributed by atoms with Crippen molar-refractivity contribution in [1.29, 1.82) is 0 Å². The molecule has 0 atom stereocenters. The largest absolute Gasteiger partial charge is 0.481 e. The Labute approximate surface area is 70.8 Å². The Morgan fingerprint density at radius 2 is 2.17 bits per heavy atom. The fourth-order valence-electron chi connectivity index (χ4n) is 1.48. The standard InChI is InChI=1S/C7H14N2O3/c8-12-5-7(6(10)11)1-3-9-4-2-7/h9H,1-5,8H2,(H,10,11). The molecule has 0 radical (unpaired) electrons. The summed E-state index contributed by atoms with van der Waals surface area (Å²) < 4.78 is 0. The first-order chi connectivity index (χ1) is 5.71. The van der Waals surface area contributed by atoms with Crippen molar-refractivity contribution in [2.45, 2.75) is 12.8 Å². The van der Waals surface area contributed by atoms with Crippen molar-refractivity contribution in [3.8, 4) is 0 Å². The first kappa shape index (κ1) is 9.44. The minimum Gasteiger partial charge on any atom is -0.481 e. The van der Waals surface area contributed by atoms with Gasteiger partial charge in [0.05, 0.1) is 12.0 Å². The van der Waals surface area contributed by atoms with Crippen molar-refractivity contribution in [3.05, 3.63) is 0 Å². The van der Waals surface area contributed by atoms with Crippen LogP contribution in [-0.4, -0.2) is 30.8 Å². The van der Waals surface area contributed by atoms with E-state index in [0.717, 1.165) is 13.1 Å². The molecule has 0 bridgehead atoms. The minimum absolute atomic E-state index is 0.101. The highest BCUT2D eigenvalue weighted by Gasteiger charge is 2.39. The van der Waals surface area contributed by atoms with Gasteiger partial charge in [-0.2, -0.15) is 0 Å². The van der Waals surface area contributed by atoms with Crippen LogP contribution in [0, 0.1) is 5.41 Å². The summed E-state index contributed by atoms with van der Waals surface area (Å²) >= 11 is 0. The van der Waals surface area contributed by atoms with Gasteiger partial charge in [0.1, 0.15) is 0 Å². The molecular weight excluding hydrogens is 160 g/mol. The molecule has 12 heavy (non-hydrogen) atoms. The molecule has 0 unspecified atom stereocenters. The molecule has 1 aliphatic heterocycles. The molecule has 5 heteroatoms. The lowest BCUT2D eigenvalue weighted by Crippen LogP contribution is -2.45. The molecule has 0 aromatic heterocycles. The zero-order chi connectivity index (χ0) is 9.03. The minimum atomic E-state index is -0.811. The van der Waals surface area contributed by atoms with Crippen LogP contribution in [0.1, 0.15) is 12.8 Å². The molecule has 0 saturated carbocycles. The first-order valence-corrected chi connectivity index (χ1v) is 3.97. The number of hydrogen-bond acceptors (Lipinski definition) is 4. The van der Waals surface area contributed by atoms with Crippen LogP contribution in [0.4, 0.5) is 0 Å². The predicted octanol–water partition coefficient (Wildman–Crippen LogP) is -0.669. The van der Waals surface area contributed by atoms with Crippen LogP contribution in [-0.2, 0) is 9.63 Å². The van der Waals surface area contributed by atoms with Gasteiger partial charge in [0, 0.05) is 0 Å². The van der Waals surface area contributed by atoms with E-state index in [9.17, 15) is 4.79 Å². The van der Waals surface area contributed by atoms with Crippen LogP contribution < -0.4 is 11.2 Å². The number of carbonyl (C=O) groups is 1. The second kappa shape index (κ2) is 3.84. The van der Waals surface area contributed by atoms with Crippen molar-refractivity contribution in [3.63, 3.8) is 0 Å². The van der Waals surface area contributed by atoms with Crippen molar-refractivity contribution in [2.24, 2.45) is 11.3 Å². The van der Waals surface area contributed by atoms with Crippen LogP contribution in [0.5, 0.6) is 0 Å². The van der Waals surface area contributed by atoms with Crippen LogP contribution in [0.3, 0.4) is 0 Å². The number of nitrogens with one attached hydrogen (secondary N) is 1. The topological polar surface area (TPSA) is 84.6 Å². The van der Waals surface area contributed by atoms with E-state index in [1.807, 2.05) is 0 Å². The van der Waals surface area contributed by atoms with Crippen molar-refractivity contribution in [1.82, 2.24) is 5.32 Å². The van der Waals surface area contributed by atoms with Gasteiger partial charge in [-0.15, -0.1) is 0 Å². The highest BCUT2D eigenvalue weighted by atomic mass is 16.6. The maximum Gasteiger partial charge on any atom is 0.312 e. The molecular formula is C7H14N2O3. The Bertz CT molecular complexity index is 161. The smallest absolute Gasteiger partial charge is 0.312 e. The summed E-state index contributed by atoms with van der Waals surface area (Å²) in [4.78, 5) is 15.3. The number of hydrogen-bond donors (Lipinski definition) is 3. The first-order valence-electron chi connectivity index (χ1n) is 3.97. The summed E-state index contributed by atoms with van der Waals surface area (Å²) in [6, 6.07) is 0. The molecule has 5 nitrogen and oxygen atoms in total. The summed E-state index contributed by atoms with van der Waals surface area (Å²) in [5.41, 5.74) is -0.764. The normalized spacial score (nSPS) is 22.1. The molecule has 70 valence electrons. The van der Waals surface area contributed by atoms with Gasteiger partial charge in [-0.1, -0.05) is 0 Å². The third-order valence-electron chi connectivity index (χ3n) is 2.37. The van der Waals surface area contributed by atoms with Crippen molar-refractivity contribution in [2.75, 3.05) is 19.7 Å². The summed E-state index contributed by atoms with van der Waals surface area (Å²) in [5.74, 6) is 4.09. The maximum absolute atomic E-state index is 10.9. The number of rotatable bonds is 3. The monoisotopic (exact) mass is 174 g/mol. The van der Waals surface area contributed by atoms with E-state index in [1.54, 1.807) is 0 Å². The van der Waals surface area contributed by atoms with Gasteiger partial charge >= 0.3 is 5.97 Å². The third kappa shape index (κ3) is 1.74. The van der Waals surface area contributed by atoms with Gasteiger partial charge in [0.25, 0.3) is 0 Å². The number of carboxylic acids is 1. The number of nitrogens with two attached hydrogens (primary N) is 1. The quantitative estimate of drug-likeness (QED) is 0.494. The average Bonchev–Trinajstić information content (AvgIpc) is 2.06. The van der Waals surface area contributed by atoms with E-state index >= 15 is 0 Å². The fourth-order valence-corrected chi connectivity index (χ4v) is 1.48. The van der Waals surface area contributed by atoms with E-state index < -0.39 is 11.4 Å². The lowest BCUT2D eigenvalue weighted by atomic mass is 9.80. The molecule has 1 aliphatic rings. The summed E-state index contributed by atoms with van der Waals surface area (Å²) in [5, 5.41) is 12.0. The SMILES string of the molecule is NOCC1(C(=O)O)CCNCC1. The molecule has 1 fully saturated rings. The number of aliphatic carboxylic acids is 1. The van der Waals surface area contributed by atoms with E-state index in [4.69, 9.17) is 11.0 Å². The Hall–Kier alpha value is -0.650. The Morgan fingerprint density at radius 1 is 1.58 bits per heavy atom. The molecule has 0 aromatic carbocycles. The van der Waals surface area contributed by atoms with Crippen LogP contribution in [0.25, 0.3) is 0 Å². The Balaban J connectivity index is 2.63. The van der Waals surface area contributed by atoms with Crippen molar-refractivity contribution < 1.29 is 14.7 Å². The van der Waals surface area contributed by atoms with Crippen LogP contribution >= 0.6 is 0 Å². The second-order valence-electron chi connectivity index (χ2n) is 3.15. The molecule has 0 amide bonds. The molecule has 1 saturated heterocycles. The maximum atomic E-state index is 10.9. The van der Waals surface area contributed by atoms with Gasteiger partial charge in [0.15, 0.2) is 0 Å². The van der Waals surface area contributed by atoms with E-state index in [2.05, 4.69) is 10.2 Å². The summed E-state index contributed by atoms with van der Waals surface area (Å²) in [6.07, 6.45) is 1.17. The van der Waals surface area contributed by atoms with E-state index in [-0.39, 0.29) is 6.61 Å². The lowest BCUT2D eigenvalue weighted by molar-refractivity contribution is -0.155. The van der Waals surface area contributed by atoms with Gasteiger partial charge in [-0.3, -0.25) is 4.79 Å². The predicted molar refractivity (Wildman–Crippen MR) is 42.3 cm³/mol. The van der Waals surface area contributed by atoms with Gasteiger partial charge in [-0.25, -0.2) is 5.90 Å².